The van der Waals surface area contributed by atoms with Crippen LogP contribution in [0.25, 0.3) is 0 Å². The number of nitrogens with zero attached hydrogens (tertiary/aromatic N) is 1. The molecule has 0 radical (unpaired) electrons. The molecule has 1 unspecified atom stereocenters. The van der Waals surface area contributed by atoms with Crippen LogP contribution in [-0.4, -0.2) is 38.2 Å². The van der Waals surface area contributed by atoms with Gasteiger partial charge in [0.2, 0.25) is 0 Å². The van der Waals surface area contributed by atoms with Crippen LogP contribution in [0, 0.1) is 5.92 Å². The van der Waals surface area contributed by atoms with Crippen molar-refractivity contribution < 1.29 is 19.0 Å². The van der Waals surface area contributed by atoms with Crippen molar-refractivity contribution in [1.82, 2.24) is 0 Å². The second-order valence-electron chi connectivity index (χ2n) is 6.41. The second-order valence-corrected chi connectivity index (χ2v) is 6.41. The van der Waals surface area contributed by atoms with Gasteiger partial charge >= 0.3 is 0 Å². The molecule has 2 heterocycles. The summed E-state index contributed by atoms with van der Waals surface area (Å²) in [4.78, 5) is 5.66. The Bertz CT molecular complexity index is 588. The molecule has 1 saturated carbocycles. The van der Waals surface area contributed by atoms with Gasteiger partial charge in [-0.25, -0.2) is 0 Å². The summed E-state index contributed by atoms with van der Waals surface area (Å²) in [7, 11) is 1.67. The van der Waals surface area contributed by atoms with Crippen molar-refractivity contribution in [3.63, 3.8) is 0 Å². The Kier molecular flexibility index (Phi) is 3.45. The highest BCUT2D eigenvalue weighted by Crippen LogP contribution is 2.37. The molecule has 2 aliphatic heterocycles. The number of rotatable bonds is 5. The molecule has 1 atom stereocenters. The highest BCUT2D eigenvalue weighted by atomic mass is 16.7. The third-order valence-corrected chi connectivity index (χ3v) is 4.57. The summed E-state index contributed by atoms with van der Waals surface area (Å²) in [6, 6.07) is 5.97. The maximum absolute atomic E-state index is 5.92. The zero-order valence-corrected chi connectivity index (χ0v) is 12.8. The standard InChI is InChI=1S/C17H21NO4/c1-19-15-5-4-13(8-16(15)21-10-12-2-3-12)14-9-17(22-18-14)6-7-20-11-17/h4-5,8,12H,2-3,6-7,9-11H2,1H3. The SMILES string of the molecule is COc1ccc(C2=NOC3(CCOC3)C2)cc1OCC1CC1. The molecule has 22 heavy (non-hydrogen) atoms. The van der Waals surface area contributed by atoms with Gasteiger partial charge in [0, 0.05) is 18.4 Å². The Hall–Kier alpha value is -1.75. The first-order valence-electron chi connectivity index (χ1n) is 7.92. The third kappa shape index (κ3) is 2.65. The van der Waals surface area contributed by atoms with Crippen molar-refractivity contribution in [3.05, 3.63) is 23.8 Å². The Morgan fingerprint density at radius 3 is 2.95 bits per heavy atom. The van der Waals surface area contributed by atoms with Crippen LogP contribution in [0.3, 0.4) is 0 Å². The zero-order chi connectivity index (χ0) is 15.0. The van der Waals surface area contributed by atoms with Crippen molar-refractivity contribution in [1.29, 1.82) is 0 Å². The zero-order valence-electron chi connectivity index (χ0n) is 12.8. The number of methoxy groups -OCH3 is 1. The quantitative estimate of drug-likeness (QED) is 0.839. The van der Waals surface area contributed by atoms with Crippen molar-refractivity contribution in [2.75, 3.05) is 26.9 Å². The lowest BCUT2D eigenvalue weighted by atomic mass is 9.93. The van der Waals surface area contributed by atoms with Crippen LogP contribution >= 0.6 is 0 Å². The molecule has 0 N–H and O–H groups in total. The average Bonchev–Trinajstić information content (AvgIpc) is 3.12. The summed E-state index contributed by atoms with van der Waals surface area (Å²) in [5, 5.41) is 4.29. The first-order valence-corrected chi connectivity index (χ1v) is 7.92. The fourth-order valence-corrected chi connectivity index (χ4v) is 2.94. The summed E-state index contributed by atoms with van der Waals surface area (Å²) >= 11 is 0. The van der Waals surface area contributed by atoms with Gasteiger partial charge in [-0.2, -0.15) is 0 Å². The molecule has 4 rings (SSSR count). The second kappa shape index (κ2) is 5.47. The summed E-state index contributed by atoms with van der Waals surface area (Å²) in [6.45, 7) is 2.14. The van der Waals surface area contributed by atoms with Crippen LogP contribution in [0.1, 0.15) is 31.2 Å². The van der Waals surface area contributed by atoms with E-state index in [0.717, 1.165) is 48.8 Å². The molecule has 1 spiro atoms. The predicted molar refractivity (Wildman–Crippen MR) is 81.6 cm³/mol. The highest BCUT2D eigenvalue weighted by molar-refractivity contribution is 6.02. The summed E-state index contributed by atoms with van der Waals surface area (Å²) in [6.07, 6.45) is 4.23. The Balaban J connectivity index is 1.52. The number of hydrogen-bond acceptors (Lipinski definition) is 5. The molecule has 1 aromatic rings. The van der Waals surface area contributed by atoms with Crippen LogP contribution in [0.2, 0.25) is 0 Å². The minimum atomic E-state index is -0.246. The van der Waals surface area contributed by atoms with Crippen LogP contribution in [-0.2, 0) is 9.57 Å². The summed E-state index contributed by atoms with van der Waals surface area (Å²) in [5.74, 6) is 2.26. The largest absolute Gasteiger partial charge is 0.493 e. The van der Waals surface area contributed by atoms with Crippen molar-refractivity contribution in [3.8, 4) is 11.5 Å². The molecule has 0 amide bonds. The summed E-state index contributed by atoms with van der Waals surface area (Å²) < 4.78 is 16.8. The monoisotopic (exact) mass is 303 g/mol. The normalized spacial score (nSPS) is 26.9. The molecule has 118 valence electrons. The van der Waals surface area contributed by atoms with Gasteiger partial charge in [-0.1, -0.05) is 5.16 Å². The van der Waals surface area contributed by atoms with Crippen molar-refractivity contribution >= 4 is 5.71 Å². The average molecular weight is 303 g/mol. The maximum Gasteiger partial charge on any atom is 0.168 e. The number of ether oxygens (including phenoxy) is 3. The molecular formula is C17H21NO4. The van der Waals surface area contributed by atoms with Gasteiger partial charge in [-0.15, -0.1) is 0 Å². The van der Waals surface area contributed by atoms with Crippen LogP contribution in [0.5, 0.6) is 11.5 Å². The van der Waals surface area contributed by atoms with Gasteiger partial charge in [-0.05, 0) is 37.0 Å². The Morgan fingerprint density at radius 2 is 2.23 bits per heavy atom. The lowest BCUT2D eigenvalue weighted by Gasteiger charge is -2.17. The molecular weight excluding hydrogens is 282 g/mol. The van der Waals surface area contributed by atoms with E-state index in [0.29, 0.717) is 12.5 Å². The van der Waals surface area contributed by atoms with Gasteiger partial charge in [-0.3, -0.25) is 0 Å². The maximum atomic E-state index is 5.92. The summed E-state index contributed by atoms with van der Waals surface area (Å²) in [5.41, 5.74) is 1.75. The van der Waals surface area contributed by atoms with E-state index in [-0.39, 0.29) is 5.60 Å². The number of oxime groups is 1. The molecule has 5 nitrogen and oxygen atoms in total. The van der Waals surface area contributed by atoms with E-state index in [9.17, 15) is 0 Å². The molecule has 0 aromatic heterocycles. The molecule has 3 aliphatic rings. The molecule has 2 fully saturated rings. The molecule has 5 heteroatoms. The van der Waals surface area contributed by atoms with E-state index in [1.807, 2.05) is 18.2 Å². The lowest BCUT2D eigenvalue weighted by molar-refractivity contribution is -0.0237. The first-order chi connectivity index (χ1) is 10.8. The fourth-order valence-electron chi connectivity index (χ4n) is 2.94. The lowest BCUT2D eigenvalue weighted by Crippen LogP contribution is -2.29. The first kappa shape index (κ1) is 13.9. The van der Waals surface area contributed by atoms with Crippen LogP contribution < -0.4 is 9.47 Å². The molecule has 1 aromatic carbocycles. The minimum absolute atomic E-state index is 0.246. The van der Waals surface area contributed by atoms with E-state index in [1.54, 1.807) is 7.11 Å². The van der Waals surface area contributed by atoms with Crippen molar-refractivity contribution in [2.24, 2.45) is 11.1 Å². The van der Waals surface area contributed by atoms with Crippen LogP contribution in [0.4, 0.5) is 0 Å². The third-order valence-electron chi connectivity index (χ3n) is 4.57. The smallest absolute Gasteiger partial charge is 0.168 e. The van der Waals surface area contributed by atoms with Gasteiger partial charge in [0.25, 0.3) is 0 Å². The Labute approximate surface area is 130 Å². The fraction of sp³-hybridized carbons (Fsp3) is 0.588. The predicted octanol–water partition coefficient (Wildman–Crippen LogP) is 2.77. The van der Waals surface area contributed by atoms with E-state index < -0.39 is 0 Å². The van der Waals surface area contributed by atoms with Crippen LogP contribution in [0.15, 0.2) is 23.4 Å². The topological polar surface area (TPSA) is 49.3 Å². The van der Waals surface area contributed by atoms with Gasteiger partial charge < -0.3 is 19.0 Å². The van der Waals surface area contributed by atoms with E-state index in [4.69, 9.17) is 19.0 Å². The van der Waals surface area contributed by atoms with Gasteiger partial charge in [0.1, 0.15) is 0 Å². The highest BCUT2D eigenvalue weighted by Gasteiger charge is 2.43. The van der Waals surface area contributed by atoms with Gasteiger partial charge in [0.15, 0.2) is 17.1 Å². The molecule has 1 aliphatic carbocycles. The Morgan fingerprint density at radius 1 is 1.32 bits per heavy atom. The molecule has 0 bridgehead atoms. The van der Waals surface area contributed by atoms with E-state index in [1.165, 1.54) is 12.8 Å². The number of benzene rings is 1. The van der Waals surface area contributed by atoms with E-state index >= 15 is 0 Å². The number of hydrogen-bond donors (Lipinski definition) is 0. The van der Waals surface area contributed by atoms with Crippen molar-refractivity contribution in [2.45, 2.75) is 31.3 Å². The van der Waals surface area contributed by atoms with E-state index in [2.05, 4.69) is 5.16 Å². The van der Waals surface area contributed by atoms with Gasteiger partial charge in [0.05, 0.1) is 32.6 Å². The minimum Gasteiger partial charge on any atom is -0.493 e. The molecule has 1 saturated heterocycles.